The summed E-state index contributed by atoms with van der Waals surface area (Å²) in [6.45, 7) is 8.63. The zero-order valence-electron chi connectivity index (χ0n) is 11.3. The summed E-state index contributed by atoms with van der Waals surface area (Å²) < 4.78 is 0. The van der Waals surface area contributed by atoms with Crippen LogP contribution in [0.15, 0.2) is 11.3 Å². The van der Waals surface area contributed by atoms with Crippen LogP contribution in [0.5, 0.6) is 0 Å². The van der Waals surface area contributed by atoms with Crippen molar-refractivity contribution in [3.05, 3.63) is 11.3 Å². The van der Waals surface area contributed by atoms with E-state index in [-0.39, 0.29) is 11.9 Å². The molecule has 0 bridgehead atoms. The average Bonchev–Trinajstić information content (AvgIpc) is 2.47. The molecule has 0 aromatic heterocycles. The molecule has 17 heavy (non-hydrogen) atoms. The molecule has 0 aliphatic carbocycles. The summed E-state index contributed by atoms with van der Waals surface area (Å²) in [5.74, 6) is 0.739. The van der Waals surface area contributed by atoms with E-state index >= 15 is 0 Å². The summed E-state index contributed by atoms with van der Waals surface area (Å²) in [6, 6.07) is 0.113. The van der Waals surface area contributed by atoms with Crippen molar-refractivity contribution in [1.82, 2.24) is 10.2 Å². The number of nitrogens with zero attached hydrogens (tertiary/aromatic N) is 1. The fraction of sp³-hybridized carbons (Fsp3) is 0.786. The van der Waals surface area contributed by atoms with Crippen LogP contribution in [0.1, 0.15) is 46.5 Å². The Kier molecular flexibility index (Phi) is 3.87. The molecule has 1 N–H and O–H groups in total. The van der Waals surface area contributed by atoms with E-state index in [2.05, 4.69) is 31.0 Å². The van der Waals surface area contributed by atoms with Crippen LogP contribution in [-0.4, -0.2) is 29.9 Å². The third kappa shape index (κ3) is 2.54. The summed E-state index contributed by atoms with van der Waals surface area (Å²) in [5.41, 5.74) is 2.59. The second-order valence-corrected chi connectivity index (χ2v) is 5.48. The van der Waals surface area contributed by atoms with Crippen molar-refractivity contribution in [2.45, 2.75) is 52.5 Å². The quantitative estimate of drug-likeness (QED) is 0.798. The highest BCUT2D eigenvalue weighted by atomic mass is 16.2. The van der Waals surface area contributed by atoms with Crippen LogP contribution < -0.4 is 5.32 Å². The molecule has 0 unspecified atom stereocenters. The van der Waals surface area contributed by atoms with Gasteiger partial charge in [-0.05, 0) is 37.3 Å². The van der Waals surface area contributed by atoms with Crippen molar-refractivity contribution in [1.29, 1.82) is 0 Å². The lowest BCUT2D eigenvalue weighted by molar-refractivity contribution is -0.126. The lowest BCUT2D eigenvalue weighted by Crippen LogP contribution is -2.47. The second-order valence-electron chi connectivity index (χ2n) is 5.48. The highest BCUT2D eigenvalue weighted by Gasteiger charge is 2.33. The molecule has 2 aliphatic heterocycles. The highest BCUT2D eigenvalue weighted by molar-refractivity contribution is 5.84. The largest absolute Gasteiger partial charge is 0.328 e. The van der Waals surface area contributed by atoms with E-state index in [9.17, 15) is 4.79 Å². The summed E-state index contributed by atoms with van der Waals surface area (Å²) in [7, 11) is 0. The van der Waals surface area contributed by atoms with Crippen molar-refractivity contribution in [2.75, 3.05) is 13.1 Å². The zero-order valence-corrected chi connectivity index (χ0v) is 11.3. The number of carbonyl (C=O) groups excluding carboxylic acids is 1. The molecule has 1 amide bonds. The Morgan fingerprint density at radius 2 is 2.18 bits per heavy atom. The Labute approximate surface area is 104 Å². The van der Waals surface area contributed by atoms with Gasteiger partial charge in [0.1, 0.15) is 0 Å². The minimum Gasteiger partial charge on any atom is -0.328 e. The molecule has 2 rings (SSSR count). The molecule has 0 aromatic carbocycles. The van der Waals surface area contributed by atoms with E-state index in [1.165, 1.54) is 24.1 Å². The van der Waals surface area contributed by atoms with Crippen molar-refractivity contribution in [2.24, 2.45) is 5.92 Å². The van der Waals surface area contributed by atoms with Gasteiger partial charge in [0.05, 0.1) is 6.04 Å². The van der Waals surface area contributed by atoms with Gasteiger partial charge in [0.2, 0.25) is 5.91 Å². The first-order valence-corrected chi connectivity index (χ1v) is 6.90. The van der Waals surface area contributed by atoms with E-state index in [0.29, 0.717) is 5.92 Å². The fourth-order valence-electron chi connectivity index (χ4n) is 2.95. The minimum absolute atomic E-state index is 0.113. The van der Waals surface area contributed by atoms with Crippen LogP contribution in [0.2, 0.25) is 0 Å². The molecule has 96 valence electrons. The lowest BCUT2D eigenvalue weighted by atomic mass is 9.97. The van der Waals surface area contributed by atoms with E-state index < -0.39 is 0 Å². The summed E-state index contributed by atoms with van der Waals surface area (Å²) in [5, 5.41) is 3.16. The van der Waals surface area contributed by atoms with Gasteiger partial charge in [-0.15, -0.1) is 0 Å². The van der Waals surface area contributed by atoms with Crippen LogP contribution >= 0.6 is 0 Å². The van der Waals surface area contributed by atoms with Crippen LogP contribution in [0, 0.1) is 5.92 Å². The maximum absolute atomic E-state index is 12.2. The number of nitrogens with one attached hydrogen (secondary N) is 1. The molecule has 2 heterocycles. The van der Waals surface area contributed by atoms with Gasteiger partial charge in [0.15, 0.2) is 0 Å². The lowest BCUT2D eigenvalue weighted by Gasteiger charge is -2.33. The van der Waals surface area contributed by atoms with E-state index in [1.807, 2.05) is 0 Å². The molecule has 1 atom stereocenters. The average molecular weight is 236 g/mol. The molecular formula is C14H24N2O. The Balaban J connectivity index is 2.27. The smallest absolute Gasteiger partial charge is 0.241 e. The SMILES string of the molecule is CCC1=C(C(C)C)CN2CCCC[C@@H]2C(=O)N1. The van der Waals surface area contributed by atoms with Gasteiger partial charge in [0.25, 0.3) is 0 Å². The molecule has 0 spiro atoms. The predicted molar refractivity (Wildman–Crippen MR) is 69.5 cm³/mol. The highest BCUT2D eigenvalue weighted by Crippen LogP contribution is 2.26. The van der Waals surface area contributed by atoms with Crippen LogP contribution in [0.25, 0.3) is 0 Å². The van der Waals surface area contributed by atoms with Gasteiger partial charge >= 0.3 is 0 Å². The maximum Gasteiger partial charge on any atom is 0.241 e. The van der Waals surface area contributed by atoms with E-state index in [4.69, 9.17) is 0 Å². The number of piperidine rings is 1. The van der Waals surface area contributed by atoms with E-state index in [0.717, 1.165) is 25.9 Å². The van der Waals surface area contributed by atoms with Gasteiger partial charge in [0, 0.05) is 12.2 Å². The first kappa shape index (κ1) is 12.6. The van der Waals surface area contributed by atoms with Gasteiger partial charge in [-0.1, -0.05) is 27.2 Å². The molecule has 1 saturated heterocycles. The molecular weight excluding hydrogens is 212 g/mol. The third-order valence-corrected chi connectivity index (χ3v) is 4.00. The first-order chi connectivity index (χ1) is 8.13. The Morgan fingerprint density at radius 3 is 2.82 bits per heavy atom. The normalized spacial score (nSPS) is 26.8. The fourth-order valence-corrected chi connectivity index (χ4v) is 2.95. The number of rotatable bonds is 2. The Hall–Kier alpha value is -0.830. The minimum atomic E-state index is 0.113. The summed E-state index contributed by atoms with van der Waals surface area (Å²) in [6.07, 6.45) is 4.37. The molecule has 2 aliphatic rings. The number of hydrogen-bond donors (Lipinski definition) is 1. The number of hydrogen-bond acceptors (Lipinski definition) is 2. The van der Waals surface area contributed by atoms with Crippen molar-refractivity contribution < 1.29 is 4.79 Å². The van der Waals surface area contributed by atoms with Crippen LogP contribution in [0.4, 0.5) is 0 Å². The summed E-state index contributed by atoms with van der Waals surface area (Å²) in [4.78, 5) is 14.6. The second kappa shape index (κ2) is 5.21. The monoisotopic (exact) mass is 236 g/mol. The van der Waals surface area contributed by atoms with Crippen molar-refractivity contribution >= 4 is 5.91 Å². The van der Waals surface area contributed by atoms with Crippen molar-refractivity contribution in [3.63, 3.8) is 0 Å². The van der Waals surface area contributed by atoms with E-state index in [1.54, 1.807) is 0 Å². The van der Waals surface area contributed by atoms with Gasteiger partial charge in [-0.25, -0.2) is 0 Å². The van der Waals surface area contributed by atoms with Gasteiger partial charge in [-0.2, -0.15) is 0 Å². The van der Waals surface area contributed by atoms with Gasteiger partial charge < -0.3 is 5.32 Å². The van der Waals surface area contributed by atoms with Crippen molar-refractivity contribution in [3.8, 4) is 0 Å². The Bertz CT molecular complexity index is 333. The van der Waals surface area contributed by atoms with Crippen LogP contribution in [-0.2, 0) is 4.79 Å². The number of carbonyl (C=O) groups is 1. The molecule has 0 saturated carbocycles. The predicted octanol–water partition coefficient (Wildman–Crippen LogP) is 2.29. The summed E-state index contributed by atoms with van der Waals surface area (Å²) >= 11 is 0. The number of allylic oxidation sites excluding steroid dienone is 1. The first-order valence-electron chi connectivity index (χ1n) is 6.90. The molecule has 0 aromatic rings. The molecule has 3 heteroatoms. The number of fused-ring (bicyclic) bond motifs is 1. The van der Waals surface area contributed by atoms with Crippen LogP contribution in [0.3, 0.4) is 0 Å². The topological polar surface area (TPSA) is 32.3 Å². The van der Waals surface area contributed by atoms with Gasteiger partial charge in [-0.3, -0.25) is 9.69 Å². The molecule has 0 radical (unpaired) electrons. The maximum atomic E-state index is 12.2. The molecule has 3 nitrogen and oxygen atoms in total. The standard InChI is InChI=1S/C14H24N2O/c1-4-12-11(10(2)3)9-16-8-6-5-7-13(16)14(17)15-12/h10,13H,4-9H2,1-3H3,(H,15,17)/t13-/m1/s1. The Morgan fingerprint density at radius 1 is 1.41 bits per heavy atom. The zero-order chi connectivity index (χ0) is 12.4. The molecule has 1 fully saturated rings. The number of amides is 1. The third-order valence-electron chi connectivity index (χ3n) is 4.00.